The fraction of sp³-hybridized carbons (Fsp3) is 0.812. The Morgan fingerprint density at radius 1 is 1.36 bits per heavy atom. The summed E-state index contributed by atoms with van der Waals surface area (Å²) in [5, 5.41) is 12.3. The Morgan fingerprint density at radius 2 is 1.91 bits per heavy atom. The Bertz CT molecular complexity index is 457. The molecule has 0 unspecified atom stereocenters. The molecule has 1 aliphatic heterocycles. The van der Waals surface area contributed by atoms with Crippen molar-refractivity contribution in [2.24, 2.45) is 11.1 Å². The summed E-state index contributed by atoms with van der Waals surface area (Å²) in [6.45, 7) is 9.32. The monoisotopic (exact) mass is 308 g/mol. The van der Waals surface area contributed by atoms with Gasteiger partial charge in [-0.2, -0.15) is 5.26 Å². The van der Waals surface area contributed by atoms with Gasteiger partial charge in [0.2, 0.25) is 11.8 Å². The fourth-order valence-electron chi connectivity index (χ4n) is 2.57. The molecule has 124 valence electrons. The van der Waals surface area contributed by atoms with Crippen molar-refractivity contribution in [2.45, 2.75) is 65.0 Å². The second-order valence-electron chi connectivity index (χ2n) is 7.12. The zero-order chi connectivity index (χ0) is 17.0. The average molecular weight is 308 g/mol. The number of rotatable bonds is 6. The molecule has 0 aromatic heterocycles. The molecule has 1 aliphatic rings. The van der Waals surface area contributed by atoms with Crippen molar-refractivity contribution in [3.8, 4) is 6.07 Å². The normalized spacial score (nSPS) is 18.7. The molecule has 3 N–H and O–H groups in total. The molecule has 0 spiro atoms. The van der Waals surface area contributed by atoms with Gasteiger partial charge in [-0.15, -0.1) is 0 Å². The maximum Gasteiger partial charge on any atom is 0.223 e. The van der Waals surface area contributed by atoms with Crippen LogP contribution in [0.5, 0.6) is 0 Å². The van der Waals surface area contributed by atoms with E-state index in [4.69, 9.17) is 5.73 Å². The number of piperidine rings is 1. The van der Waals surface area contributed by atoms with Crippen molar-refractivity contribution in [1.82, 2.24) is 10.2 Å². The van der Waals surface area contributed by atoms with Crippen LogP contribution in [0, 0.1) is 16.7 Å². The zero-order valence-corrected chi connectivity index (χ0v) is 14.1. The van der Waals surface area contributed by atoms with Crippen LogP contribution in [0.3, 0.4) is 0 Å². The molecule has 0 bridgehead atoms. The zero-order valence-electron chi connectivity index (χ0n) is 14.1. The van der Waals surface area contributed by atoms with Crippen molar-refractivity contribution in [1.29, 1.82) is 5.26 Å². The molecule has 0 atom stereocenters. The topological polar surface area (TPSA) is 99.2 Å². The second kappa shape index (κ2) is 7.10. The maximum atomic E-state index is 12.1. The number of hydrogen-bond acceptors (Lipinski definition) is 4. The molecular formula is C16H28N4O2. The van der Waals surface area contributed by atoms with E-state index < -0.39 is 16.9 Å². The first-order valence-electron chi connectivity index (χ1n) is 7.88. The third-order valence-corrected chi connectivity index (χ3v) is 4.62. The van der Waals surface area contributed by atoms with E-state index in [0.717, 1.165) is 13.1 Å². The van der Waals surface area contributed by atoms with Crippen molar-refractivity contribution >= 4 is 11.8 Å². The summed E-state index contributed by atoms with van der Waals surface area (Å²) < 4.78 is 0. The minimum absolute atomic E-state index is 0.186. The van der Waals surface area contributed by atoms with Gasteiger partial charge < -0.3 is 16.0 Å². The van der Waals surface area contributed by atoms with Gasteiger partial charge in [-0.25, -0.2) is 0 Å². The Labute approximate surface area is 133 Å². The van der Waals surface area contributed by atoms with Crippen LogP contribution in [-0.2, 0) is 9.59 Å². The maximum absolute atomic E-state index is 12.1. The lowest BCUT2D eigenvalue weighted by Gasteiger charge is -2.39. The smallest absolute Gasteiger partial charge is 0.223 e. The van der Waals surface area contributed by atoms with Crippen LogP contribution in [0.2, 0.25) is 0 Å². The molecule has 1 rings (SSSR count). The van der Waals surface area contributed by atoms with E-state index in [9.17, 15) is 14.9 Å². The lowest BCUT2D eigenvalue weighted by atomic mass is 9.85. The van der Waals surface area contributed by atoms with Crippen LogP contribution in [0.1, 0.15) is 53.4 Å². The first-order valence-corrected chi connectivity index (χ1v) is 7.88. The van der Waals surface area contributed by atoms with Crippen molar-refractivity contribution in [2.75, 3.05) is 13.1 Å². The Balaban J connectivity index is 2.55. The van der Waals surface area contributed by atoms with Gasteiger partial charge in [0.25, 0.3) is 0 Å². The van der Waals surface area contributed by atoms with Gasteiger partial charge in [-0.05, 0) is 33.1 Å². The third-order valence-electron chi connectivity index (χ3n) is 4.62. The van der Waals surface area contributed by atoms with Crippen LogP contribution in [-0.4, -0.2) is 41.4 Å². The number of carbonyl (C=O) groups is 2. The quantitative estimate of drug-likeness (QED) is 0.769. The summed E-state index contributed by atoms with van der Waals surface area (Å²) >= 11 is 0. The van der Waals surface area contributed by atoms with E-state index in [-0.39, 0.29) is 12.3 Å². The number of hydrogen-bond donors (Lipinski definition) is 2. The van der Waals surface area contributed by atoms with Gasteiger partial charge in [-0.1, -0.05) is 13.8 Å². The highest BCUT2D eigenvalue weighted by Crippen LogP contribution is 2.25. The Morgan fingerprint density at radius 3 is 2.32 bits per heavy atom. The largest absolute Gasteiger partial charge is 0.369 e. The number of nitrogens with zero attached hydrogens (tertiary/aromatic N) is 2. The number of primary amides is 1. The van der Waals surface area contributed by atoms with Crippen LogP contribution in [0.15, 0.2) is 0 Å². The standard InChI is InChI=1S/C16H28N4O2/c1-12(2)20-9-7-16(11-17,8-10-20)19-13(21)5-6-15(3,4)14(18)22/h12H,5-10H2,1-4H3,(H2,18,22)(H,19,21). The Kier molecular flexibility index (Phi) is 5.95. The highest BCUT2D eigenvalue weighted by atomic mass is 16.2. The molecule has 22 heavy (non-hydrogen) atoms. The van der Waals surface area contributed by atoms with Gasteiger partial charge in [0.15, 0.2) is 0 Å². The van der Waals surface area contributed by atoms with Gasteiger partial charge in [0.1, 0.15) is 5.54 Å². The van der Waals surface area contributed by atoms with Gasteiger partial charge in [-0.3, -0.25) is 9.59 Å². The molecule has 1 fully saturated rings. The number of nitrogens with two attached hydrogens (primary N) is 1. The molecule has 1 heterocycles. The van der Waals surface area contributed by atoms with E-state index in [1.54, 1.807) is 13.8 Å². The van der Waals surface area contributed by atoms with Gasteiger partial charge in [0.05, 0.1) is 6.07 Å². The first-order chi connectivity index (χ1) is 10.1. The molecule has 0 aromatic carbocycles. The van der Waals surface area contributed by atoms with Crippen molar-refractivity contribution in [3.63, 3.8) is 0 Å². The van der Waals surface area contributed by atoms with E-state index >= 15 is 0 Å². The molecule has 6 nitrogen and oxygen atoms in total. The van der Waals surface area contributed by atoms with E-state index in [2.05, 4.69) is 30.1 Å². The van der Waals surface area contributed by atoms with E-state index in [0.29, 0.717) is 25.3 Å². The fourth-order valence-corrected chi connectivity index (χ4v) is 2.57. The molecule has 0 saturated carbocycles. The predicted molar refractivity (Wildman–Crippen MR) is 84.6 cm³/mol. The highest BCUT2D eigenvalue weighted by molar-refractivity contribution is 5.82. The number of nitrogens with one attached hydrogen (secondary N) is 1. The van der Waals surface area contributed by atoms with Gasteiger partial charge in [0, 0.05) is 31.0 Å². The molecule has 0 radical (unpaired) electrons. The van der Waals surface area contributed by atoms with Crippen LogP contribution in [0.4, 0.5) is 0 Å². The highest BCUT2D eigenvalue weighted by Gasteiger charge is 2.37. The number of carbonyl (C=O) groups excluding carboxylic acids is 2. The first kappa shape index (κ1) is 18.4. The third kappa shape index (κ3) is 4.70. The number of likely N-dealkylation sites (tertiary alicyclic amines) is 1. The van der Waals surface area contributed by atoms with Crippen LogP contribution in [0.25, 0.3) is 0 Å². The predicted octanol–water partition coefficient (Wildman–Crippen LogP) is 1.16. The minimum Gasteiger partial charge on any atom is -0.369 e. The lowest BCUT2D eigenvalue weighted by Crippen LogP contribution is -2.55. The summed E-state index contributed by atoms with van der Waals surface area (Å²) in [5.74, 6) is -0.602. The summed E-state index contributed by atoms with van der Waals surface area (Å²) in [6, 6.07) is 2.73. The number of nitriles is 1. The molecule has 0 aromatic rings. The second-order valence-corrected chi connectivity index (χ2v) is 7.12. The summed E-state index contributed by atoms with van der Waals surface area (Å²) in [7, 11) is 0. The average Bonchev–Trinajstić information content (AvgIpc) is 2.45. The van der Waals surface area contributed by atoms with Crippen molar-refractivity contribution in [3.05, 3.63) is 0 Å². The Hall–Kier alpha value is -1.61. The summed E-state index contributed by atoms with van der Waals surface area (Å²) in [6.07, 6.45) is 1.85. The van der Waals surface area contributed by atoms with Gasteiger partial charge >= 0.3 is 0 Å². The van der Waals surface area contributed by atoms with Crippen LogP contribution >= 0.6 is 0 Å². The summed E-state index contributed by atoms with van der Waals surface area (Å²) in [4.78, 5) is 25.7. The van der Waals surface area contributed by atoms with E-state index in [1.165, 1.54) is 0 Å². The molecular weight excluding hydrogens is 280 g/mol. The van der Waals surface area contributed by atoms with E-state index in [1.807, 2.05) is 0 Å². The number of amides is 2. The molecule has 1 saturated heterocycles. The molecule has 2 amide bonds. The van der Waals surface area contributed by atoms with Crippen molar-refractivity contribution < 1.29 is 9.59 Å². The van der Waals surface area contributed by atoms with Crippen LogP contribution < -0.4 is 11.1 Å². The lowest BCUT2D eigenvalue weighted by molar-refractivity contribution is -0.127. The molecule has 0 aliphatic carbocycles. The molecule has 6 heteroatoms. The SMILES string of the molecule is CC(C)N1CCC(C#N)(NC(=O)CCC(C)(C)C(N)=O)CC1. The minimum atomic E-state index is -0.778. The summed E-state index contributed by atoms with van der Waals surface area (Å²) in [5.41, 5.74) is 3.82.